The number of benzene rings is 1. The highest BCUT2D eigenvalue weighted by Gasteiger charge is 2.32. The van der Waals surface area contributed by atoms with E-state index in [0.29, 0.717) is 44.0 Å². The van der Waals surface area contributed by atoms with Crippen molar-refractivity contribution in [2.45, 2.75) is 30.7 Å². The average Bonchev–Trinajstić information content (AvgIpc) is 3.29. The van der Waals surface area contributed by atoms with E-state index in [0.717, 1.165) is 13.0 Å². The number of nitrogens with one attached hydrogen (secondary N) is 1. The Labute approximate surface area is 177 Å². The maximum atomic E-state index is 13.0. The van der Waals surface area contributed by atoms with Crippen molar-refractivity contribution in [2.24, 2.45) is 5.92 Å². The van der Waals surface area contributed by atoms with Gasteiger partial charge >= 0.3 is 0 Å². The predicted octanol–water partition coefficient (Wildman–Crippen LogP) is 1.51. The maximum Gasteiger partial charge on any atom is 0.243 e. The Balaban J connectivity index is 1.51. The Hall–Kier alpha value is -2.59. The molecule has 1 aromatic heterocycles. The molecule has 0 spiro atoms. The summed E-state index contributed by atoms with van der Waals surface area (Å²) in [6.45, 7) is 2.00. The van der Waals surface area contributed by atoms with Crippen LogP contribution in [0.5, 0.6) is 11.5 Å². The molecule has 0 saturated carbocycles. The number of hydrogen-bond acceptors (Lipinski definition) is 6. The second-order valence-corrected chi connectivity index (χ2v) is 9.08. The standard InChI is InChI=1S/C20H28N4O5S/c1-28-18-5-4-17(14-19(18)29-2)30(26,27)24-11-6-16(7-12-24)20(25)22-8-3-10-23-13-9-21-15-23/h4-5,9,13-16H,3,6-8,10-12H2,1-2H3,(H,22,25). The van der Waals surface area contributed by atoms with Crippen molar-refractivity contribution in [2.75, 3.05) is 33.9 Å². The zero-order valence-corrected chi connectivity index (χ0v) is 18.1. The van der Waals surface area contributed by atoms with Gasteiger partial charge in [0.15, 0.2) is 11.5 Å². The predicted molar refractivity (Wildman–Crippen MR) is 111 cm³/mol. The molecule has 1 saturated heterocycles. The van der Waals surface area contributed by atoms with Gasteiger partial charge in [0.25, 0.3) is 0 Å². The SMILES string of the molecule is COc1ccc(S(=O)(=O)N2CCC(C(=O)NCCCn3ccnc3)CC2)cc1OC. The molecule has 30 heavy (non-hydrogen) atoms. The molecule has 1 aliphatic heterocycles. The van der Waals surface area contributed by atoms with E-state index in [4.69, 9.17) is 9.47 Å². The van der Waals surface area contributed by atoms with Crippen molar-refractivity contribution in [1.29, 1.82) is 0 Å². The Morgan fingerprint density at radius 1 is 1.20 bits per heavy atom. The van der Waals surface area contributed by atoms with Crippen LogP contribution in [0, 0.1) is 5.92 Å². The molecule has 3 rings (SSSR count). The summed E-state index contributed by atoms with van der Waals surface area (Å²) in [4.78, 5) is 16.6. The summed E-state index contributed by atoms with van der Waals surface area (Å²) in [5.74, 6) is 0.655. The van der Waals surface area contributed by atoms with E-state index in [1.165, 1.54) is 30.7 Å². The summed E-state index contributed by atoms with van der Waals surface area (Å²) in [5, 5.41) is 2.96. The minimum Gasteiger partial charge on any atom is -0.493 e. The van der Waals surface area contributed by atoms with Gasteiger partial charge in [0.2, 0.25) is 15.9 Å². The Kier molecular flexibility index (Phi) is 7.33. The molecule has 0 aliphatic carbocycles. The number of hydrogen-bond donors (Lipinski definition) is 1. The number of imidazole rings is 1. The molecule has 2 aromatic rings. The van der Waals surface area contributed by atoms with Crippen LogP contribution in [0.15, 0.2) is 41.8 Å². The molecule has 164 valence electrons. The fourth-order valence-electron chi connectivity index (χ4n) is 3.52. The zero-order valence-electron chi connectivity index (χ0n) is 17.3. The molecule has 1 fully saturated rings. The van der Waals surface area contributed by atoms with Gasteiger partial charge in [-0.15, -0.1) is 0 Å². The third-order valence-corrected chi connectivity index (χ3v) is 7.16. The second-order valence-electron chi connectivity index (χ2n) is 7.14. The maximum absolute atomic E-state index is 13.0. The fraction of sp³-hybridized carbons (Fsp3) is 0.500. The topological polar surface area (TPSA) is 103 Å². The van der Waals surface area contributed by atoms with Gasteiger partial charge in [0, 0.05) is 50.6 Å². The quantitative estimate of drug-likeness (QED) is 0.598. The summed E-state index contributed by atoms with van der Waals surface area (Å²) >= 11 is 0. The van der Waals surface area contributed by atoms with Crippen LogP contribution in [0.4, 0.5) is 0 Å². The molecule has 1 aliphatic rings. The normalized spacial score (nSPS) is 15.7. The van der Waals surface area contributed by atoms with Crippen molar-refractivity contribution < 1.29 is 22.7 Å². The van der Waals surface area contributed by atoms with Gasteiger partial charge < -0.3 is 19.4 Å². The van der Waals surface area contributed by atoms with Crippen LogP contribution >= 0.6 is 0 Å². The molecule has 9 nitrogen and oxygen atoms in total. The highest BCUT2D eigenvalue weighted by atomic mass is 32.2. The first-order chi connectivity index (χ1) is 14.5. The summed E-state index contributed by atoms with van der Waals surface area (Å²) in [5.41, 5.74) is 0. The van der Waals surface area contributed by atoms with E-state index >= 15 is 0 Å². The summed E-state index contributed by atoms with van der Waals surface area (Å²) < 4.78 is 39.7. The van der Waals surface area contributed by atoms with Gasteiger partial charge in [0.1, 0.15) is 0 Å². The lowest BCUT2D eigenvalue weighted by molar-refractivity contribution is -0.126. The van der Waals surface area contributed by atoms with Gasteiger partial charge in [-0.1, -0.05) is 0 Å². The number of carbonyl (C=O) groups excluding carboxylic acids is 1. The molecule has 0 radical (unpaired) electrons. The Morgan fingerprint density at radius 2 is 1.93 bits per heavy atom. The van der Waals surface area contributed by atoms with E-state index in [2.05, 4.69) is 10.3 Å². The molecule has 2 heterocycles. The van der Waals surface area contributed by atoms with E-state index in [1.807, 2.05) is 10.8 Å². The smallest absolute Gasteiger partial charge is 0.243 e. The number of sulfonamides is 1. The van der Waals surface area contributed by atoms with E-state index in [9.17, 15) is 13.2 Å². The number of piperidine rings is 1. The monoisotopic (exact) mass is 436 g/mol. The first kappa shape index (κ1) is 22.1. The summed E-state index contributed by atoms with van der Waals surface area (Å²) in [6.07, 6.45) is 7.17. The van der Waals surface area contributed by atoms with Gasteiger partial charge in [-0.3, -0.25) is 4.79 Å². The van der Waals surface area contributed by atoms with Crippen LogP contribution in [0.25, 0.3) is 0 Å². The fourth-order valence-corrected chi connectivity index (χ4v) is 5.01. The highest BCUT2D eigenvalue weighted by Crippen LogP contribution is 2.31. The van der Waals surface area contributed by atoms with Gasteiger partial charge in [-0.05, 0) is 31.4 Å². The van der Waals surface area contributed by atoms with Crippen molar-refractivity contribution in [3.63, 3.8) is 0 Å². The van der Waals surface area contributed by atoms with Crippen LogP contribution in [0.1, 0.15) is 19.3 Å². The lowest BCUT2D eigenvalue weighted by Gasteiger charge is -2.30. The minimum atomic E-state index is -3.66. The Bertz CT molecular complexity index is 938. The summed E-state index contributed by atoms with van der Waals surface area (Å²) in [6, 6.07) is 4.55. The number of aryl methyl sites for hydroxylation is 1. The zero-order chi connectivity index (χ0) is 21.6. The van der Waals surface area contributed by atoms with Crippen LogP contribution in [-0.2, 0) is 21.4 Å². The lowest BCUT2D eigenvalue weighted by Crippen LogP contribution is -2.43. The molecular formula is C20H28N4O5S. The van der Waals surface area contributed by atoms with Crippen LogP contribution in [0.3, 0.4) is 0 Å². The first-order valence-electron chi connectivity index (χ1n) is 9.91. The number of ether oxygens (including phenoxy) is 2. The van der Waals surface area contributed by atoms with Crippen molar-refractivity contribution in [3.8, 4) is 11.5 Å². The first-order valence-corrected chi connectivity index (χ1v) is 11.4. The van der Waals surface area contributed by atoms with Gasteiger partial charge in [-0.2, -0.15) is 4.31 Å². The minimum absolute atomic E-state index is 0.0104. The Morgan fingerprint density at radius 3 is 2.57 bits per heavy atom. The van der Waals surface area contributed by atoms with Crippen LogP contribution < -0.4 is 14.8 Å². The third-order valence-electron chi connectivity index (χ3n) is 5.27. The van der Waals surface area contributed by atoms with Crippen molar-refractivity contribution in [3.05, 3.63) is 36.9 Å². The third kappa shape index (κ3) is 5.11. The molecule has 1 N–H and O–H groups in total. The van der Waals surface area contributed by atoms with Crippen molar-refractivity contribution >= 4 is 15.9 Å². The number of nitrogens with zero attached hydrogens (tertiary/aromatic N) is 3. The van der Waals surface area contributed by atoms with E-state index in [1.54, 1.807) is 18.6 Å². The van der Waals surface area contributed by atoms with E-state index in [-0.39, 0.29) is 16.7 Å². The summed E-state index contributed by atoms with van der Waals surface area (Å²) in [7, 11) is -0.692. The van der Waals surface area contributed by atoms with Crippen LogP contribution in [-0.4, -0.2) is 62.0 Å². The lowest BCUT2D eigenvalue weighted by atomic mass is 9.97. The number of aromatic nitrogens is 2. The van der Waals surface area contributed by atoms with E-state index < -0.39 is 10.0 Å². The number of rotatable bonds is 9. The molecule has 10 heteroatoms. The number of methoxy groups -OCH3 is 2. The van der Waals surface area contributed by atoms with Crippen molar-refractivity contribution in [1.82, 2.24) is 19.2 Å². The highest BCUT2D eigenvalue weighted by molar-refractivity contribution is 7.89. The second kappa shape index (κ2) is 9.94. The molecule has 0 unspecified atom stereocenters. The molecule has 0 atom stereocenters. The van der Waals surface area contributed by atoms with Gasteiger partial charge in [-0.25, -0.2) is 13.4 Å². The van der Waals surface area contributed by atoms with Gasteiger partial charge in [0.05, 0.1) is 25.4 Å². The van der Waals surface area contributed by atoms with Crippen LogP contribution in [0.2, 0.25) is 0 Å². The number of carbonyl (C=O) groups is 1. The molecule has 1 aromatic carbocycles. The average molecular weight is 437 g/mol. The molecule has 1 amide bonds. The molecule has 0 bridgehead atoms. The largest absolute Gasteiger partial charge is 0.493 e. The molecular weight excluding hydrogens is 408 g/mol. The number of amides is 1.